The van der Waals surface area contributed by atoms with Gasteiger partial charge in [0.25, 0.3) is 0 Å². The Balaban J connectivity index is 2.01. The van der Waals surface area contributed by atoms with Crippen LogP contribution in [0, 0.1) is 0 Å². The quantitative estimate of drug-likeness (QED) is 0.917. The van der Waals surface area contributed by atoms with Crippen molar-refractivity contribution in [2.45, 2.75) is 18.9 Å². The van der Waals surface area contributed by atoms with Gasteiger partial charge in [0.1, 0.15) is 0 Å². The molecule has 3 heteroatoms. The Morgan fingerprint density at radius 1 is 1.17 bits per heavy atom. The van der Waals surface area contributed by atoms with Crippen molar-refractivity contribution < 1.29 is 0 Å². The van der Waals surface area contributed by atoms with E-state index < -0.39 is 0 Å². The number of rotatable bonds is 5. The van der Waals surface area contributed by atoms with Gasteiger partial charge in [-0.1, -0.05) is 34.1 Å². The fourth-order valence-corrected chi connectivity index (χ4v) is 2.44. The second-order valence-corrected chi connectivity index (χ2v) is 5.26. The van der Waals surface area contributed by atoms with Gasteiger partial charge < -0.3 is 5.32 Å². The molecule has 18 heavy (non-hydrogen) atoms. The molecule has 2 nitrogen and oxygen atoms in total. The van der Waals surface area contributed by atoms with E-state index in [-0.39, 0.29) is 0 Å². The van der Waals surface area contributed by atoms with Gasteiger partial charge in [-0.25, -0.2) is 0 Å². The van der Waals surface area contributed by atoms with Crippen LogP contribution in [0.5, 0.6) is 0 Å². The fraction of sp³-hybridized carbons (Fsp3) is 0.267. The van der Waals surface area contributed by atoms with Crippen molar-refractivity contribution in [3.05, 3.63) is 64.4 Å². The van der Waals surface area contributed by atoms with Gasteiger partial charge in [-0.2, -0.15) is 0 Å². The Kier molecular flexibility index (Phi) is 4.90. The molecule has 1 unspecified atom stereocenters. The van der Waals surface area contributed by atoms with Crippen LogP contribution in [0.2, 0.25) is 0 Å². The van der Waals surface area contributed by atoms with E-state index in [1.54, 1.807) is 0 Å². The van der Waals surface area contributed by atoms with Gasteiger partial charge >= 0.3 is 0 Å². The summed E-state index contributed by atoms with van der Waals surface area (Å²) in [6.07, 6.45) is 3.80. The number of hydrogen-bond donors (Lipinski definition) is 1. The van der Waals surface area contributed by atoms with Gasteiger partial charge in [0.05, 0.1) is 0 Å². The highest BCUT2D eigenvalue weighted by Gasteiger charge is 2.09. The van der Waals surface area contributed by atoms with Crippen LogP contribution < -0.4 is 5.32 Å². The van der Waals surface area contributed by atoms with Gasteiger partial charge in [-0.05, 0) is 43.3 Å². The molecule has 0 aliphatic heterocycles. The predicted molar refractivity (Wildman–Crippen MR) is 78.6 cm³/mol. The minimum Gasteiger partial charge on any atom is -0.316 e. The molecule has 0 bridgehead atoms. The van der Waals surface area contributed by atoms with Crippen molar-refractivity contribution in [1.82, 2.24) is 10.3 Å². The summed E-state index contributed by atoms with van der Waals surface area (Å²) in [5, 5.41) is 3.36. The molecule has 1 aromatic heterocycles. The van der Waals surface area contributed by atoms with Crippen LogP contribution in [0.1, 0.15) is 11.3 Å². The first-order valence-corrected chi connectivity index (χ1v) is 6.89. The van der Waals surface area contributed by atoms with Gasteiger partial charge in [-0.15, -0.1) is 0 Å². The van der Waals surface area contributed by atoms with E-state index in [9.17, 15) is 0 Å². The van der Waals surface area contributed by atoms with Crippen molar-refractivity contribution in [2.75, 3.05) is 7.05 Å². The van der Waals surface area contributed by atoms with E-state index in [4.69, 9.17) is 0 Å². The van der Waals surface area contributed by atoms with Crippen LogP contribution in [0.25, 0.3) is 0 Å². The first kappa shape index (κ1) is 13.2. The molecule has 0 radical (unpaired) electrons. The largest absolute Gasteiger partial charge is 0.316 e. The summed E-state index contributed by atoms with van der Waals surface area (Å²) in [5.74, 6) is 0. The molecule has 94 valence electrons. The lowest BCUT2D eigenvalue weighted by molar-refractivity contribution is 0.550. The molecule has 0 saturated carbocycles. The number of aromatic nitrogens is 1. The van der Waals surface area contributed by atoms with Gasteiger partial charge in [-0.3, -0.25) is 4.98 Å². The molecule has 2 rings (SSSR count). The smallest absolute Gasteiger partial charge is 0.0419 e. The van der Waals surface area contributed by atoms with Crippen molar-refractivity contribution in [3.8, 4) is 0 Å². The third kappa shape index (κ3) is 3.93. The van der Waals surface area contributed by atoms with E-state index in [2.05, 4.69) is 56.6 Å². The van der Waals surface area contributed by atoms with Crippen molar-refractivity contribution in [3.63, 3.8) is 0 Å². The highest BCUT2D eigenvalue weighted by atomic mass is 79.9. The highest BCUT2D eigenvalue weighted by molar-refractivity contribution is 9.10. The number of benzene rings is 1. The number of nitrogens with zero attached hydrogens (tertiary/aromatic N) is 1. The maximum absolute atomic E-state index is 4.38. The number of nitrogens with one attached hydrogen (secondary N) is 1. The summed E-state index contributed by atoms with van der Waals surface area (Å²) >= 11 is 3.51. The number of likely N-dealkylation sites (N-methyl/N-ethyl adjacent to an activating group) is 1. The summed E-state index contributed by atoms with van der Waals surface area (Å²) in [6, 6.07) is 14.9. The zero-order valence-corrected chi connectivity index (χ0v) is 12.0. The Bertz CT molecular complexity index is 485. The molecule has 2 aromatic rings. The minimum absolute atomic E-state index is 0.411. The molecule has 0 spiro atoms. The van der Waals surface area contributed by atoms with Crippen molar-refractivity contribution >= 4 is 15.9 Å². The van der Waals surface area contributed by atoms with Crippen molar-refractivity contribution in [2.24, 2.45) is 0 Å². The maximum Gasteiger partial charge on any atom is 0.0419 e. The Hall–Kier alpha value is -1.19. The third-order valence-corrected chi connectivity index (χ3v) is 3.45. The maximum atomic E-state index is 4.38. The predicted octanol–water partition coefficient (Wildman–Crippen LogP) is 3.22. The number of pyridine rings is 1. The van der Waals surface area contributed by atoms with E-state index in [1.165, 1.54) is 5.56 Å². The van der Waals surface area contributed by atoms with Crippen LogP contribution in [0.15, 0.2) is 53.1 Å². The van der Waals surface area contributed by atoms with Gasteiger partial charge in [0, 0.05) is 28.8 Å². The van der Waals surface area contributed by atoms with Crippen LogP contribution >= 0.6 is 15.9 Å². The standard InChI is InChI=1S/C15H17BrN2/c1-17-15(11-14-7-2-3-8-18-14)10-12-5-4-6-13(16)9-12/h2-9,15,17H,10-11H2,1H3. The summed E-state index contributed by atoms with van der Waals surface area (Å²) in [5.41, 5.74) is 2.46. The third-order valence-electron chi connectivity index (χ3n) is 2.96. The number of halogens is 1. The summed E-state index contributed by atoms with van der Waals surface area (Å²) in [6.45, 7) is 0. The van der Waals surface area contributed by atoms with E-state index >= 15 is 0 Å². The molecular weight excluding hydrogens is 288 g/mol. The lowest BCUT2D eigenvalue weighted by atomic mass is 10.0. The van der Waals surface area contributed by atoms with Crippen molar-refractivity contribution in [1.29, 1.82) is 0 Å². The Labute approximate surface area is 117 Å². The topological polar surface area (TPSA) is 24.9 Å². The molecule has 0 aliphatic carbocycles. The van der Waals surface area contributed by atoms with Crippen LogP contribution in [-0.2, 0) is 12.8 Å². The fourth-order valence-electron chi connectivity index (χ4n) is 2.00. The van der Waals surface area contributed by atoms with Crippen LogP contribution in [0.3, 0.4) is 0 Å². The minimum atomic E-state index is 0.411. The molecule has 1 N–H and O–H groups in total. The number of hydrogen-bond acceptors (Lipinski definition) is 2. The van der Waals surface area contributed by atoms with E-state index in [1.807, 2.05) is 25.4 Å². The first-order chi connectivity index (χ1) is 8.78. The lowest BCUT2D eigenvalue weighted by Gasteiger charge is -2.16. The van der Waals surface area contributed by atoms with E-state index in [0.29, 0.717) is 6.04 Å². The van der Waals surface area contributed by atoms with Crippen LogP contribution in [-0.4, -0.2) is 18.1 Å². The monoisotopic (exact) mass is 304 g/mol. The Morgan fingerprint density at radius 3 is 2.72 bits per heavy atom. The SMILES string of the molecule is CNC(Cc1cccc(Br)c1)Cc1ccccn1. The van der Waals surface area contributed by atoms with E-state index in [0.717, 1.165) is 23.0 Å². The molecule has 1 aromatic carbocycles. The second kappa shape index (κ2) is 6.66. The Morgan fingerprint density at radius 2 is 2.06 bits per heavy atom. The zero-order valence-electron chi connectivity index (χ0n) is 10.4. The highest BCUT2D eigenvalue weighted by Crippen LogP contribution is 2.14. The molecule has 0 aliphatic rings. The van der Waals surface area contributed by atoms with Gasteiger partial charge in [0.15, 0.2) is 0 Å². The normalized spacial score (nSPS) is 12.3. The summed E-state index contributed by atoms with van der Waals surface area (Å²) < 4.78 is 1.13. The second-order valence-electron chi connectivity index (χ2n) is 4.34. The summed E-state index contributed by atoms with van der Waals surface area (Å²) in [4.78, 5) is 4.38. The molecule has 0 fully saturated rings. The average molecular weight is 305 g/mol. The van der Waals surface area contributed by atoms with Gasteiger partial charge in [0.2, 0.25) is 0 Å². The lowest BCUT2D eigenvalue weighted by Crippen LogP contribution is -2.30. The average Bonchev–Trinajstić information content (AvgIpc) is 2.39. The molecule has 0 saturated heterocycles. The first-order valence-electron chi connectivity index (χ1n) is 6.09. The molecular formula is C15H17BrN2. The zero-order chi connectivity index (χ0) is 12.8. The molecule has 0 amide bonds. The molecule has 1 heterocycles. The molecule has 1 atom stereocenters. The van der Waals surface area contributed by atoms with Crippen LogP contribution in [0.4, 0.5) is 0 Å². The summed E-state index contributed by atoms with van der Waals surface area (Å²) in [7, 11) is 2.01.